The minimum Gasteiger partial charge on any atom is -0.347 e. The molecule has 3 aromatic carbocycles. The number of carbonyl (C=O) groups is 2. The van der Waals surface area contributed by atoms with E-state index in [-0.39, 0.29) is 36.0 Å². The van der Waals surface area contributed by atoms with Gasteiger partial charge in [0, 0.05) is 29.7 Å². The normalized spacial score (nSPS) is 13.1. The van der Waals surface area contributed by atoms with Crippen LogP contribution in [0.3, 0.4) is 0 Å². The summed E-state index contributed by atoms with van der Waals surface area (Å²) in [5.41, 5.74) is 5.37. The van der Waals surface area contributed by atoms with Crippen molar-refractivity contribution in [3.05, 3.63) is 83.6 Å². The minimum absolute atomic E-state index is 0.0204. The number of amides is 2. The molecule has 2 heterocycles. The molecule has 11 heteroatoms. The number of rotatable bonds is 13. The van der Waals surface area contributed by atoms with Crippen LogP contribution in [0.4, 0.5) is 8.78 Å². The number of nitrogens with zero attached hydrogens (tertiary/aromatic N) is 4. The van der Waals surface area contributed by atoms with E-state index in [2.05, 4.69) is 39.1 Å². The minimum atomic E-state index is -3.19. The highest BCUT2D eigenvalue weighted by atomic mass is 19.3. The maximum atomic E-state index is 16.1. The smallest absolute Gasteiger partial charge is 0.299 e. The van der Waals surface area contributed by atoms with E-state index >= 15 is 8.78 Å². The average Bonchev–Trinajstić information content (AvgIpc) is 3.77. The Balaban J connectivity index is 1.22. The monoisotopic (exact) mass is 653 g/mol. The number of carbonyl (C=O) groups excluding carboxylic acids is 2. The number of H-pyrrole nitrogens is 2. The van der Waals surface area contributed by atoms with Gasteiger partial charge in [-0.25, -0.2) is 9.97 Å². The summed E-state index contributed by atoms with van der Waals surface area (Å²) < 4.78 is 32.3. The van der Waals surface area contributed by atoms with Crippen molar-refractivity contribution in [3.8, 4) is 33.5 Å². The molecule has 0 atom stereocenters. The predicted octanol–water partition coefficient (Wildman–Crippen LogP) is 6.85. The van der Waals surface area contributed by atoms with Gasteiger partial charge in [0.25, 0.3) is 5.92 Å². The molecule has 5 aromatic rings. The molecule has 0 fully saturated rings. The van der Waals surface area contributed by atoms with Crippen LogP contribution < -0.4 is 5.32 Å². The maximum Gasteiger partial charge on any atom is 0.299 e. The van der Waals surface area contributed by atoms with Gasteiger partial charge >= 0.3 is 0 Å². The first kappa shape index (κ1) is 33.0. The fourth-order valence-corrected chi connectivity index (χ4v) is 6.35. The summed E-state index contributed by atoms with van der Waals surface area (Å²) in [5.74, 6) is -2.19. The second-order valence-corrected chi connectivity index (χ2v) is 12.4. The van der Waals surface area contributed by atoms with Crippen LogP contribution in [-0.2, 0) is 28.6 Å². The van der Waals surface area contributed by atoms with Crippen molar-refractivity contribution in [3.63, 3.8) is 0 Å². The van der Waals surface area contributed by atoms with E-state index in [1.54, 1.807) is 36.2 Å². The molecule has 0 aliphatic heterocycles. The van der Waals surface area contributed by atoms with Crippen LogP contribution in [0.5, 0.6) is 0 Å². The van der Waals surface area contributed by atoms with Gasteiger partial charge in [0.15, 0.2) is 0 Å². The Morgan fingerprint density at radius 3 is 2.21 bits per heavy atom. The summed E-state index contributed by atoms with van der Waals surface area (Å²) in [5, 5.41) is 2.62. The molecule has 3 N–H and O–H groups in total. The Hall–Kier alpha value is -4.90. The Morgan fingerprint density at radius 2 is 1.50 bits per heavy atom. The average molecular weight is 654 g/mol. The van der Waals surface area contributed by atoms with Crippen LogP contribution in [-0.4, -0.2) is 68.2 Å². The highest BCUT2D eigenvalue weighted by molar-refractivity contribution is 5.87. The lowest BCUT2D eigenvalue weighted by atomic mass is 9.98. The molecule has 0 saturated carbocycles. The fraction of sp³-hybridized carbons (Fsp3) is 0.351. The molecule has 1 aliphatic carbocycles. The van der Waals surface area contributed by atoms with Crippen molar-refractivity contribution in [2.24, 2.45) is 0 Å². The maximum absolute atomic E-state index is 16.1. The third-order valence-corrected chi connectivity index (χ3v) is 8.78. The molecule has 48 heavy (non-hydrogen) atoms. The summed E-state index contributed by atoms with van der Waals surface area (Å²) in [7, 11) is 2.06. The predicted molar refractivity (Wildman–Crippen MR) is 183 cm³/mol. The number of hydrogen-bond donors (Lipinski definition) is 3. The number of hydrogen-bond acceptors (Lipinski definition) is 5. The zero-order chi connectivity index (χ0) is 34.0. The Bertz CT molecular complexity index is 1960. The van der Waals surface area contributed by atoms with Crippen molar-refractivity contribution in [1.82, 2.24) is 35.1 Å². The van der Waals surface area contributed by atoms with Gasteiger partial charge in [0.05, 0.1) is 42.6 Å². The van der Waals surface area contributed by atoms with Crippen molar-refractivity contribution in [2.45, 2.75) is 59.0 Å². The summed E-state index contributed by atoms with van der Waals surface area (Å²) in [6.45, 7) is 8.14. The lowest BCUT2D eigenvalue weighted by Gasteiger charge is -2.21. The second-order valence-electron chi connectivity index (χ2n) is 12.4. The molecular weight excluding hydrogens is 612 g/mol. The fourth-order valence-electron chi connectivity index (χ4n) is 6.35. The Kier molecular flexibility index (Phi) is 9.41. The van der Waals surface area contributed by atoms with Crippen molar-refractivity contribution >= 4 is 22.8 Å². The van der Waals surface area contributed by atoms with Crippen molar-refractivity contribution in [1.29, 1.82) is 0 Å². The molecule has 0 saturated heterocycles. The Morgan fingerprint density at radius 1 is 0.833 bits per heavy atom. The number of nitrogens with one attached hydrogen (secondary N) is 3. The van der Waals surface area contributed by atoms with Crippen LogP contribution in [0.25, 0.3) is 44.5 Å². The summed E-state index contributed by atoms with van der Waals surface area (Å²) in [6, 6.07) is 16.2. The van der Waals surface area contributed by atoms with Crippen LogP contribution in [0.15, 0.2) is 60.8 Å². The number of aromatic amines is 2. The largest absolute Gasteiger partial charge is 0.347 e. The van der Waals surface area contributed by atoms with E-state index < -0.39 is 5.92 Å². The van der Waals surface area contributed by atoms with Gasteiger partial charge in [0.1, 0.15) is 11.6 Å². The number of aromatic nitrogens is 4. The molecule has 1 aliphatic rings. The number of benzene rings is 3. The van der Waals surface area contributed by atoms with Crippen LogP contribution in [0, 0.1) is 0 Å². The van der Waals surface area contributed by atoms with E-state index in [9.17, 15) is 9.59 Å². The lowest BCUT2D eigenvalue weighted by molar-refractivity contribution is -0.133. The van der Waals surface area contributed by atoms with Crippen LogP contribution in [0.2, 0.25) is 0 Å². The van der Waals surface area contributed by atoms with Gasteiger partial charge in [0.2, 0.25) is 11.8 Å². The molecule has 0 radical (unpaired) electrons. The zero-order valence-corrected chi connectivity index (χ0v) is 27.8. The Labute approximate surface area is 278 Å². The van der Waals surface area contributed by atoms with E-state index in [0.717, 1.165) is 41.8 Å². The molecule has 9 nitrogen and oxygen atoms in total. The topological polar surface area (TPSA) is 110 Å². The highest BCUT2D eigenvalue weighted by Crippen LogP contribution is 2.52. The van der Waals surface area contributed by atoms with Gasteiger partial charge in [-0.15, -0.1) is 0 Å². The molecule has 0 bridgehead atoms. The van der Waals surface area contributed by atoms with Crippen molar-refractivity contribution in [2.75, 3.05) is 26.7 Å². The van der Waals surface area contributed by atoms with Crippen LogP contribution >= 0.6 is 0 Å². The molecular formula is C37H41F2N7O2. The zero-order valence-electron chi connectivity index (χ0n) is 27.8. The van der Waals surface area contributed by atoms with Gasteiger partial charge in [-0.3, -0.25) is 14.5 Å². The quantitative estimate of drug-likeness (QED) is 0.129. The molecule has 0 spiro atoms. The summed E-state index contributed by atoms with van der Waals surface area (Å²) in [6.07, 6.45) is 3.69. The first-order valence-electron chi connectivity index (χ1n) is 16.5. The molecule has 2 aromatic heterocycles. The first-order chi connectivity index (χ1) is 23.1. The molecule has 2 amide bonds. The van der Waals surface area contributed by atoms with E-state index in [1.807, 2.05) is 37.3 Å². The third-order valence-electron chi connectivity index (χ3n) is 8.78. The number of imidazole rings is 2. The number of halogens is 2. The first-order valence-corrected chi connectivity index (χ1v) is 16.5. The van der Waals surface area contributed by atoms with Crippen LogP contribution in [0.1, 0.15) is 62.8 Å². The standard InChI is InChI=1S/C37H41F2N7O2/c1-5-14-45(4)21-34-42-30-13-10-24(18-31(30)43-34)23-8-11-26-27-12-9-25(17-29(27)37(38,39)28(26)16-23)32-19-40-33(44-32)22-46(15-6-2)36(48)20-41-35(47)7-3/h8-13,16-19H,5-7,14-15,20-22H2,1-4H3,(H,40,44)(H,41,47)(H,42,43). The SMILES string of the molecule is CCCN(C)Cc1nc2ccc(-c3ccc4c(c3)C(F)(F)c3cc(-c5cnc(CN(CCC)C(=O)CNC(=O)CC)[nH]5)ccc3-4)cc2[nH]1. The molecule has 0 unspecified atom stereocenters. The van der Waals surface area contributed by atoms with Gasteiger partial charge in [-0.05, 0) is 73.0 Å². The summed E-state index contributed by atoms with van der Waals surface area (Å²) >= 11 is 0. The molecule has 6 rings (SSSR count). The number of alkyl halides is 2. The van der Waals surface area contributed by atoms with Crippen molar-refractivity contribution < 1.29 is 18.4 Å². The second kappa shape index (κ2) is 13.7. The molecule has 250 valence electrons. The van der Waals surface area contributed by atoms with E-state index in [0.29, 0.717) is 53.3 Å². The van der Waals surface area contributed by atoms with E-state index in [4.69, 9.17) is 4.98 Å². The highest BCUT2D eigenvalue weighted by Gasteiger charge is 2.44. The third kappa shape index (κ3) is 6.60. The van der Waals surface area contributed by atoms with Gasteiger partial charge < -0.3 is 20.2 Å². The van der Waals surface area contributed by atoms with Gasteiger partial charge in [-0.1, -0.05) is 51.1 Å². The lowest BCUT2D eigenvalue weighted by Crippen LogP contribution is -2.40. The van der Waals surface area contributed by atoms with Gasteiger partial charge in [-0.2, -0.15) is 8.78 Å². The summed E-state index contributed by atoms with van der Waals surface area (Å²) in [4.78, 5) is 43.9. The van der Waals surface area contributed by atoms with E-state index in [1.165, 1.54) is 6.07 Å². The number of fused-ring (bicyclic) bond motifs is 4.